The highest BCUT2D eigenvalue weighted by Crippen LogP contribution is 2.30. The lowest BCUT2D eigenvalue weighted by Crippen LogP contribution is -2.27. The smallest absolute Gasteiger partial charge is 0.224 e. The fraction of sp³-hybridized carbons (Fsp3) is 0.136. The summed E-state index contributed by atoms with van der Waals surface area (Å²) in [6.45, 7) is 0.505. The van der Waals surface area contributed by atoms with Crippen LogP contribution in [0.1, 0.15) is 11.4 Å². The van der Waals surface area contributed by atoms with Crippen LogP contribution in [0.3, 0.4) is 0 Å². The van der Waals surface area contributed by atoms with Crippen LogP contribution in [0.25, 0.3) is 27.4 Å². The third kappa shape index (κ3) is 2.89. The second-order valence-electron chi connectivity index (χ2n) is 6.74. The van der Waals surface area contributed by atoms with Gasteiger partial charge in [-0.2, -0.15) is 0 Å². The van der Waals surface area contributed by atoms with E-state index in [-0.39, 0.29) is 12.3 Å². The number of benzene rings is 2. The first-order valence-corrected chi connectivity index (χ1v) is 9.23. The summed E-state index contributed by atoms with van der Waals surface area (Å²) in [5.74, 6) is 0.792. The summed E-state index contributed by atoms with van der Waals surface area (Å²) >= 11 is 0. The highest BCUT2D eigenvalue weighted by molar-refractivity contribution is 6.08. The molecule has 6 heteroatoms. The monoisotopic (exact) mass is 370 g/mol. The van der Waals surface area contributed by atoms with Gasteiger partial charge in [0.2, 0.25) is 5.91 Å². The van der Waals surface area contributed by atoms with Crippen molar-refractivity contribution in [3.05, 3.63) is 78.4 Å². The summed E-state index contributed by atoms with van der Waals surface area (Å²) in [4.78, 5) is 12.5. The number of nitrogens with one attached hydrogen (secondary N) is 1. The number of hydrogen-bond donors (Lipinski definition) is 1. The summed E-state index contributed by atoms with van der Waals surface area (Å²) in [5, 5.41) is 14.5. The Morgan fingerprint density at radius 2 is 1.93 bits per heavy atom. The molecule has 0 fully saturated rings. The van der Waals surface area contributed by atoms with Gasteiger partial charge in [0, 0.05) is 30.1 Å². The van der Waals surface area contributed by atoms with E-state index < -0.39 is 0 Å². The van der Waals surface area contributed by atoms with Crippen molar-refractivity contribution in [2.45, 2.75) is 12.8 Å². The minimum Gasteiger partial charge on any atom is -0.464 e. The number of amides is 1. The van der Waals surface area contributed by atoms with Crippen LogP contribution in [0.15, 0.2) is 71.5 Å². The molecule has 5 aromatic rings. The molecule has 0 aliphatic heterocycles. The molecular weight excluding hydrogens is 352 g/mol. The van der Waals surface area contributed by atoms with E-state index in [0.717, 1.165) is 38.8 Å². The number of nitrogens with zero attached hydrogens (tertiary/aromatic N) is 3. The first-order valence-electron chi connectivity index (χ1n) is 9.23. The molecule has 0 spiro atoms. The zero-order valence-corrected chi connectivity index (χ0v) is 15.1. The molecule has 2 aromatic carbocycles. The lowest BCUT2D eigenvalue weighted by molar-refractivity contribution is -0.120. The van der Waals surface area contributed by atoms with Crippen molar-refractivity contribution >= 4 is 33.3 Å². The molecule has 0 aliphatic carbocycles. The molecule has 1 N–H and O–H groups in total. The zero-order chi connectivity index (χ0) is 18.9. The topological polar surface area (TPSA) is 72.4 Å². The van der Waals surface area contributed by atoms with Gasteiger partial charge in [0.05, 0.1) is 12.7 Å². The summed E-state index contributed by atoms with van der Waals surface area (Å²) in [6.07, 6.45) is 4.51. The Labute approximate surface area is 160 Å². The molecule has 0 bridgehead atoms. The van der Waals surface area contributed by atoms with Gasteiger partial charge in [-0.15, -0.1) is 10.2 Å². The average Bonchev–Trinajstić information content (AvgIpc) is 3.33. The molecule has 0 radical (unpaired) electrons. The van der Waals surface area contributed by atoms with Crippen molar-refractivity contribution in [1.29, 1.82) is 0 Å². The van der Waals surface area contributed by atoms with Crippen molar-refractivity contribution in [3.8, 4) is 0 Å². The van der Waals surface area contributed by atoms with Gasteiger partial charge in [0.25, 0.3) is 0 Å². The van der Waals surface area contributed by atoms with E-state index in [9.17, 15) is 4.79 Å². The van der Waals surface area contributed by atoms with Gasteiger partial charge in [-0.05, 0) is 29.0 Å². The molecule has 28 heavy (non-hydrogen) atoms. The van der Waals surface area contributed by atoms with E-state index in [1.807, 2.05) is 53.1 Å². The van der Waals surface area contributed by atoms with Gasteiger partial charge in [-0.1, -0.05) is 36.4 Å². The van der Waals surface area contributed by atoms with Gasteiger partial charge in [0.15, 0.2) is 5.65 Å². The minimum absolute atomic E-state index is 0.0375. The molecule has 3 aromatic heterocycles. The predicted octanol–water partition coefficient (Wildman–Crippen LogP) is 3.53. The Hall–Kier alpha value is -3.67. The third-order valence-corrected chi connectivity index (χ3v) is 4.95. The average molecular weight is 370 g/mol. The molecular formula is C22H18N4O2. The predicted molar refractivity (Wildman–Crippen MR) is 107 cm³/mol. The van der Waals surface area contributed by atoms with Gasteiger partial charge in [-0.25, -0.2) is 0 Å². The number of aromatic nitrogens is 3. The van der Waals surface area contributed by atoms with Crippen molar-refractivity contribution in [3.63, 3.8) is 0 Å². The van der Waals surface area contributed by atoms with E-state index in [1.165, 1.54) is 0 Å². The lowest BCUT2D eigenvalue weighted by Gasteiger charge is -2.05. The number of rotatable bonds is 5. The Morgan fingerprint density at radius 3 is 2.89 bits per heavy atom. The molecule has 0 saturated heterocycles. The Morgan fingerprint density at radius 1 is 1.04 bits per heavy atom. The fourth-order valence-corrected chi connectivity index (χ4v) is 3.62. The van der Waals surface area contributed by atoms with E-state index in [0.29, 0.717) is 13.0 Å². The molecule has 3 heterocycles. The summed E-state index contributed by atoms with van der Waals surface area (Å²) in [6, 6.07) is 17.9. The molecule has 6 nitrogen and oxygen atoms in total. The maximum atomic E-state index is 12.5. The van der Waals surface area contributed by atoms with E-state index >= 15 is 0 Å². The van der Waals surface area contributed by atoms with Crippen molar-refractivity contribution in [1.82, 2.24) is 19.9 Å². The summed E-state index contributed by atoms with van der Waals surface area (Å²) in [5.41, 5.74) is 2.51. The Bertz CT molecular complexity index is 1300. The molecule has 138 valence electrons. The van der Waals surface area contributed by atoms with Crippen LogP contribution in [0.5, 0.6) is 0 Å². The number of hydrogen-bond acceptors (Lipinski definition) is 4. The number of fused-ring (bicyclic) bond motifs is 4. The second-order valence-corrected chi connectivity index (χ2v) is 6.74. The van der Waals surface area contributed by atoms with Crippen LogP contribution < -0.4 is 5.32 Å². The van der Waals surface area contributed by atoms with Crippen LogP contribution >= 0.6 is 0 Å². The summed E-state index contributed by atoms with van der Waals surface area (Å²) < 4.78 is 7.60. The third-order valence-electron chi connectivity index (χ3n) is 4.95. The van der Waals surface area contributed by atoms with Crippen LogP contribution in [0.2, 0.25) is 0 Å². The standard InChI is InChI=1S/C22H18N4O2/c27-21(23-11-10-20-25-24-19-7-3-4-12-26(19)20)13-16-14-28-18-9-8-15-5-1-2-6-17(15)22(16)18/h1-9,12,14H,10-11,13H2,(H,23,27). The maximum Gasteiger partial charge on any atom is 0.224 e. The zero-order valence-electron chi connectivity index (χ0n) is 15.1. The first kappa shape index (κ1) is 16.5. The molecule has 0 atom stereocenters. The van der Waals surface area contributed by atoms with Gasteiger partial charge in [0.1, 0.15) is 11.4 Å². The first-order chi connectivity index (χ1) is 13.8. The highest BCUT2D eigenvalue weighted by Gasteiger charge is 2.13. The van der Waals surface area contributed by atoms with E-state index in [1.54, 1.807) is 6.26 Å². The van der Waals surface area contributed by atoms with E-state index in [2.05, 4.69) is 27.6 Å². The lowest BCUT2D eigenvalue weighted by atomic mass is 10.0. The van der Waals surface area contributed by atoms with E-state index in [4.69, 9.17) is 4.42 Å². The molecule has 0 saturated carbocycles. The SMILES string of the molecule is O=C(Cc1coc2ccc3ccccc3c12)NCCc1nnc2ccccn12. The van der Waals surface area contributed by atoms with Gasteiger partial charge in [-0.3, -0.25) is 9.20 Å². The quantitative estimate of drug-likeness (QED) is 0.514. The summed E-state index contributed by atoms with van der Waals surface area (Å²) in [7, 11) is 0. The van der Waals surface area contributed by atoms with Gasteiger partial charge >= 0.3 is 0 Å². The maximum absolute atomic E-state index is 12.5. The number of pyridine rings is 1. The van der Waals surface area contributed by atoms with Crippen molar-refractivity contribution in [2.75, 3.05) is 6.54 Å². The normalized spacial score (nSPS) is 11.4. The Balaban J connectivity index is 1.30. The number of carbonyl (C=O) groups excluding carboxylic acids is 1. The largest absolute Gasteiger partial charge is 0.464 e. The van der Waals surface area contributed by atoms with Gasteiger partial charge < -0.3 is 9.73 Å². The Kier molecular flexibility index (Phi) is 4.01. The van der Waals surface area contributed by atoms with Crippen LogP contribution in [-0.4, -0.2) is 27.0 Å². The number of carbonyl (C=O) groups is 1. The molecule has 5 rings (SSSR count). The highest BCUT2D eigenvalue weighted by atomic mass is 16.3. The minimum atomic E-state index is -0.0375. The molecule has 0 aliphatic rings. The molecule has 1 amide bonds. The van der Waals surface area contributed by atoms with Crippen molar-refractivity contribution < 1.29 is 9.21 Å². The molecule has 0 unspecified atom stereocenters. The fourth-order valence-electron chi connectivity index (χ4n) is 3.62. The second kappa shape index (κ2) is 6.81. The van der Waals surface area contributed by atoms with Crippen molar-refractivity contribution in [2.24, 2.45) is 0 Å². The van der Waals surface area contributed by atoms with Crippen LogP contribution in [-0.2, 0) is 17.6 Å². The number of furan rings is 1. The van der Waals surface area contributed by atoms with Crippen LogP contribution in [0, 0.1) is 0 Å². The van der Waals surface area contributed by atoms with Crippen LogP contribution in [0.4, 0.5) is 0 Å².